The molecule has 1 aliphatic rings. The molecule has 0 fully saturated rings. The van der Waals surface area contributed by atoms with Crippen LogP contribution < -0.4 is 15.5 Å². The van der Waals surface area contributed by atoms with Gasteiger partial charge in [0.05, 0.1) is 19.3 Å². The van der Waals surface area contributed by atoms with Crippen LogP contribution in [0.25, 0.3) is 0 Å². The number of anilines is 1. The molecule has 1 heterocycles. The van der Waals surface area contributed by atoms with E-state index >= 15 is 0 Å². The molecular weight excluding hydrogens is 190 g/mol. The van der Waals surface area contributed by atoms with E-state index in [-0.39, 0.29) is 0 Å². The van der Waals surface area contributed by atoms with Gasteiger partial charge in [-0.2, -0.15) is 5.10 Å². The van der Waals surface area contributed by atoms with Crippen molar-refractivity contribution in [2.75, 3.05) is 18.7 Å². The highest BCUT2D eigenvalue weighted by molar-refractivity contribution is 5.86. The Bertz CT molecular complexity index is 389. The summed E-state index contributed by atoms with van der Waals surface area (Å²) < 4.78 is 5.16. The first-order valence-corrected chi connectivity index (χ1v) is 4.96. The lowest BCUT2D eigenvalue weighted by Crippen LogP contribution is -2.20. The Morgan fingerprint density at radius 1 is 1.53 bits per heavy atom. The van der Waals surface area contributed by atoms with E-state index in [4.69, 9.17) is 10.5 Å². The highest BCUT2D eigenvalue weighted by Gasteiger charge is 2.21. The van der Waals surface area contributed by atoms with Gasteiger partial charge in [-0.1, -0.05) is 13.0 Å². The minimum absolute atomic E-state index is 0.316. The Kier molecular flexibility index (Phi) is 2.49. The number of rotatable bonds is 2. The molecule has 2 rings (SSSR count). The standard InChI is InChI=1S/C11H15N3O/c1-8-7-14(13-11(8)12)9-4-3-5-10(6-9)15-2/h3-6,8H,7H2,1-2H3,(H2,12,13). The smallest absolute Gasteiger partial charge is 0.124 e. The minimum atomic E-state index is 0.316. The van der Waals surface area contributed by atoms with Crippen LogP contribution in [-0.4, -0.2) is 19.5 Å². The van der Waals surface area contributed by atoms with Gasteiger partial charge < -0.3 is 10.5 Å². The van der Waals surface area contributed by atoms with E-state index in [1.54, 1.807) is 7.11 Å². The van der Waals surface area contributed by atoms with Gasteiger partial charge in [-0.25, -0.2) is 0 Å². The Morgan fingerprint density at radius 3 is 2.93 bits per heavy atom. The van der Waals surface area contributed by atoms with Gasteiger partial charge in [0, 0.05) is 12.0 Å². The van der Waals surface area contributed by atoms with E-state index < -0.39 is 0 Å². The van der Waals surface area contributed by atoms with Crippen molar-refractivity contribution in [3.8, 4) is 5.75 Å². The number of amidine groups is 1. The monoisotopic (exact) mass is 205 g/mol. The van der Waals surface area contributed by atoms with Gasteiger partial charge in [0.15, 0.2) is 0 Å². The average Bonchev–Trinajstić information content (AvgIpc) is 2.59. The first-order chi connectivity index (χ1) is 7.20. The number of nitrogens with two attached hydrogens (primary N) is 1. The molecule has 0 spiro atoms. The fraction of sp³-hybridized carbons (Fsp3) is 0.364. The van der Waals surface area contributed by atoms with Crippen LogP contribution in [0.15, 0.2) is 29.4 Å². The second-order valence-electron chi connectivity index (χ2n) is 3.71. The van der Waals surface area contributed by atoms with Crippen molar-refractivity contribution >= 4 is 11.5 Å². The van der Waals surface area contributed by atoms with Gasteiger partial charge in [-0.15, -0.1) is 0 Å². The molecule has 0 saturated carbocycles. The van der Waals surface area contributed by atoms with E-state index in [1.807, 2.05) is 29.3 Å². The molecule has 1 unspecified atom stereocenters. The maximum absolute atomic E-state index is 5.75. The van der Waals surface area contributed by atoms with Crippen LogP contribution in [0.4, 0.5) is 5.69 Å². The predicted molar refractivity (Wildman–Crippen MR) is 61.1 cm³/mol. The zero-order chi connectivity index (χ0) is 10.8. The summed E-state index contributed by atoms with van der Waals surface area (Å²) >= 11 is 0. The lowest BCUT2D eigenvalue weighted by molar-refractivity contribution is 0.415. The SMILES string of the molecule is COc1cccc(N2CC(C)C(N)=N2)c1. The maximum atomic E-state index is 5.75. The second kappa shape index (κ2) is 3.81. The molecule has 1 aliphatic heterocycles. The largest absolute Gasteiger partial charge is 0.497 e. The molecule has 2 N–H and O–H groups in total. The Morgan fingerprint density at radius 2 is 2.33 bits per heavy atom. The molecule has 0 aromatic heterocycles. The summed E-state index contributed by atoms with van der Waals surface area (Å²) in [4.78, 5) is 0. The van der Waals surface area contributed by atoms with Crippen molar-refractivity contribution in [2.24, 2.45) is 16.8 Å². The zero-order valence-corrected chi connectivity index (χ0v) is 8.97. The number of ether oxygens (including phenoxy) is 1. The van der Waals surface area contributed by atoms with Gasteiger partial charge in [0.2, 0.25) is 0 Å². The molecule has 4 heteroatoms. The average molecular weight is 205 g/mol. The predicted octanol–water partition coefficient (Wildman–Crippen LogP) is 1.42. The van der Waals surface area contributed by atoms with E-state index in [9.17, 15) is 0 Å². The molecule has 1 atom stereocenters. The highest BCUT2D eigenvalue weighted by Crippen LogP contribution is 2.24. The van der Waals surface area contributed by atoms with Gasteiger partial charge in [-0.3, -0.25) is 5.01 Å². The quantitative estimate of drug-likeness (QED) is 0.794. The van der Waals surface area contributed by atoms with Crippen LogP contribution in [0.5, 0.6) is 5.75 Å². The molecule has 0 bridgehead atoms. The van der Waals surface area contributed by atoms with Crippen molar-refractivity contribution in [2.45, 2.75) is 6.92 Å². The van der Waals surface area contributed by atoms with Crippen molar-refractivity contribution in [1.82, 2.24) is 0 Å². The number of hydrogen-bond donors (Lipinski definition) is 1. The van der Waals surface area contributed by atoms with Crippen molar-refractivity contribution in [3.05, 3.63) is 24.3 Å². The van der Waals surface area contributed by atoms with Crippen LogP contribution in [0.1, 0.15) is 6.92 Å². The molecular formula is C11H15N3O. The summed E-state index contributed by atoms with van der Waals surface area (Å²) in [6.07, 6.45) is 0. The van der Waals surface area contributed by atoms with Gasteiger partial charge in [0.1, 0.15) is 11.6 Å². The fourth-order valence-corrected chi connectivity index (χ4v) is 1.57. The van der Waals surface area contributed by atoms with E-state index in [0.29, 0.717) is 11.8 Å². The van der Waals surface area contributed by atoms with Gasteiger partial charge in [0.25, 0.3) is 0 Å². The first kappa shape index (κ1) is 9.83. The lowest BCUT2D eigenvalue weighted by Gasteiger charge is -2.14. The molecule has 1 aromatic carbocycles. The molecule has 0 amide bonds. The minimum Gasteiger partial charge on any atom is -0.497 e. The van der Waals surface area contributed by atoms with Gasteiger partial charge >= 0.3 is 0 Å². The van der Waals surface area contributed by atoms with E-state index in [1.165, 1.54) is 0 Å². The number of nitrogens with zero attached hydrogens (tertiary/aromatic N) is 2. The lowest BCUT2D eigenvalue weighted by atomic mass is 10.2. The normalized spacial score (nSPS) is 20.3. The Hall–Kier alpha value is -1.71. The molecule has 1 aromatic rings. The van der Waals surface area contributed by atoms with E-state index in [2.05, 4.69) is 12.0 Å². The third kappa shape index (κ3) is 1.88. The Labute approximate surface area is 89.3 Å². The second-order valence-corrected chi connectivity index (χ2v) is 3.71. The molecule has 15 heavy (non-hydrogen) atoms. The summed E-state index contributed by atoms with van der Waals surface area (Å²) in [6.45, 7) is 2.90. The van der Waals surface area contributed by atoms with E-state index in [0.717, 1.165) is 18.0 Å². The van der Waals surface area contributed by atoms with Crippen LogP contribution >= 0.6 is 0 Å². The summed E-state index contributed by atoms with van der Waals surface area (Å²) in [5.74, 6) is 1.84. The molecule has 80 valence electrons. The Balaban J connectivity index is 2.24. The summed E-state index contributed by atoms with van der Waals surface area (Å²) in [7, 11) is 1.66. The number of benzene rings is 1. The summed E-state index contributed by atoms with van der Waals surface area (Å²) in [6, 6.07) is 7.81. The highest BCUT2D eigenvalue weighted by atomic mass is 16.5. The van der Waals surface area contributed by atoms with Crippen LogP contribution in [0.3, 0.4) is 0 Å². The number of hydrogen-bond acceptors (Lipinski definition) is 4. The van der Waals surface area contributed by atoms with Crippen molar-refractivity contribution < 1.29 is 4.74 Å². The van der Waals surface area contributed by atoms with Crippen molar-refractivity contribution in [3.63, 3.8) is 0 Å². The summed E-state index contributed by atoms with van der Waals surface area (Å²) in [5.41, 5.74) is 6.77. The van der Waals surface area contributed by atoms with Crippen LogP contribution in [0, 0.1) is 5.92 Å². The molecule has 0 radical (unpaired) electrons. The number of hydrazone groups is 1. The first-order valence-electron chi connectivity index (χ1n) is 4.96. The third-order valence-electron chi connectivity index (χ3n) is 2.54. The molecule has 0 saturated heterocycles. The summed E-state index contributed by atoms with van der Waals surface area (Å²) in [5, 5.41) is 6.19. The zero-order valence-electron chi connectivity index (χ0n) is 8.97. The molecule has 0 aliphatic carbocycles. The van der Waals surface area contributed by atoms with Crippen LogP contribution in [0.2, 0.25) is 0 Å². The number of methoxy groups -OCH3 is 1. The fourth-order valence-electron chi connectivity index (χ4n) is 1.57. The van der Waals surface area contributed by atoms with Crippen molar-refractivity contribution in [1.29, 1.82) is 0 Å². The van der Waals surface area contributed by atoms with Crippen LogP contribution in [-0.2, 0) is 0 Å². The maximum Gasteiger partial charge on any atom is 0.124 e. The topological polar surface area (TPSA) is 50.9 Å². The third-order valence-corrected chi connectivity index (χ3v) is 2.54. The molecule has 4 nitrogen and oxygen atoms in total. The van der Waals surface area contributed by atoms with Gasteiger partial charge in [-0.05, 0) is 12.1 Å².